The second-order valence-corrected chi connectivity index (χ2v) is 6.60. The zero-order valence-electron chi connectivity index (χ0n) is 15.2. The van der Waals surface area contributed by atoms with Gasteiger partial charge < -0.3 is 14.5 Å². The van der Waals surface area contributed by atoms with E-state index in [1.165, 1.54) is 16.8 Å². The van der Waals surface area contributed by atoms with Crippen LogP contribution in [0.5, 0.6) is 5.75 Å². The largest absolute Gasteiger partial charge is 0.481 e. The van der Waals surface area contributed by atoms with Crippen molar-refractivity contribution in [3.05, 3.63) is 59.7 Å². The Hall–Kier alpha value is -2.49. The van der Waals surface area contributed by atoms with Crippen molar-refractivity contribution in [2.45, 2.75) is 26.9 Å². The molecule has 2 aromatic carbocycles. The molecule has 0 bridgehead atoms. The second-order valence-electron chi connectivity index (χ2n) is 6.60. The maximum absolute atomic E-state index is 12.6. The van der Waals surface area contributed by atoms with Crippen LogP contribution in [0.3, 0.4) is 0 Å². The average Bonchev–Trinajstić information content (AvgIpc) is 2.64. The minimum absolute atomic E-state index is 0.0597. The molecule has 1 amide bonds. The summed E-state index contributed by atoms with van der Waals surface area (Å²) in [7, 11) is 0. The van der Waals surface area contributed by atoms with Crippen LogP contribution in [-0.4, -0.2) is 43.1 Å². The highest BCUT2D eigenvalue weighted by Gasteiger charge is 2.26. The quantitative estimate of drug-likeness (QED) is 0.856. The lowest BCUT2D eigenvalue weighted by Gasteiger charge is -2.37. The molecule has 1 aliphatic rings. The first-order valence-corrected chi connectivity index (χ1v) is 8.88. The standard InChI is InChI=1S/C21H26N2O2/c1-16-8-7-11-20(17(16)2)22-12-14-23(15-13-22)21(24)18(3)25-19-9-5-4-6-10-19/h4-11,18H,12-15H2,1-3H3/t18-/m0/s1. The van der Waals surface area contributed by atoms with Gasteiger partial charge in [0.2, 0.25) is 0 Å². The van der Waals surface area contributed by atoms with Crippen molar-refractivity contribution in [3.63, 3.8) is 0 Å². The first kappa shape index (κ1) is 17.3. The molecule has 4 heteroatoms. The Morgan fingerprint density at radius 1 is 0.960 bits per heavy atom. The van der Waals surface area contributed by atoms with Crippen LogP contribution in [0.4, 0.5) is 5.69 Å². The molecule has 0 aliphatic carbocycles. The molecule has 2 aromatic rings. The van der Waals surface area contributed by atoms with Gasteiger partial charge in [-0.15, -0.1) is 0 Å². The summed E-state index contributed by atoms with van der Waals surface area (Å²) < 4.78 is 5.77. The van der Waals surface area contributed by atoms with Gasteiger partial charge in [-0.25, -0.2) is 0 Å². The number of anilines is 1. The van der Waals surface area contributed by atoms with E-state index < -0.39 is 6.10 Å². The van der Waals surface area contributed by atoms with Gasteiger partial charge in [-0.3, -0.25) is 4.79 Å². The number of carbonyl (C=O) groups excluding carboxylic acids is 1. The van der Waals surface area contributed by atoms with Gasteiger partial charge in [0.1, 0.15) is 5.75 Å². The Kier molecular flexibility index (Phi) is 5.27. The summed E-state index contributed by atoms with van der Waals surface area (Å²) in [5.74, 6) is 0.793. The molecule has 1 aliphatic heterocycles. The first-order valence-electron chi connectivity index (χ1n) is 8.88. The molecule has 1 fully saturated rings. The van der Waals surface area contributed by atoms with Crippen LogP contribution in [0.15, 0.2) is 48.5 Å². The van der Waals surface area contributed by atoms with Crippen LogP contribution in [-0.2, 0) is 4.79 Å². The molecule has 0 spiro atoms. The second kappa shape index (κ2) is 7.60. The number of ether oxygens (including phenoxy) is 1. The number of carbonyl (C=O) groups is 1. The fourth-order valence-corrected chi connectivity index (χ4v) is 3.26. The highest BCUT2D eigenvalue weighted by atomic mass is 16.5. The smallest absolute Gasteiger partial charge is 0.263 e. The minimum atomic E-state index is -0.463. The fraction of sp³-hybridized carbons (Fsp3) is 0.381. The highest BCUT2D eigenvalue weighted by Crippen LogP contribution is 2.24. The average molecular weight is 338 g/mol. The third kappa shape index (κ3) is 3.95. The van der Waals surface area contributed by atoms with E-state index in [9.17, 15) is 4.79 Å². The van der Waals surface area contributed by atoms with Gasteiger partial charge in [0, 0.05) is 31.9 Å². The molecule has 0 aromatic heterocycles. The molecule has 1 saturated heterocycles. The van der Waals surface area contributed by atoms with Crippen LogP contribution in [0.2, 0.25) is 0 Å². The minimum Gasteiger partial charge on any atom is -0.481 e. The molecule has 1 heterocycles. The number of hydrogen-bond donors (Lipinski definition) is 0. The van der Waals surface area contributed by atoms with Crippen molar-refractivity contribution < 1.29 is 9.53 Å². The van der Waals surface area contributed by atoms with Gasteiger partial charge in [-0.1, -0.05) is 30.3 Å². The van der Waals surface area contributed by atoms with Gasteiger partial charge in [0.15, 0.2) is 6.10 Å². The topological polar surface area (TPSA) is 32.8 Å². The van der Waals surface area contributed by atoms with Crippen molar-refractivity contribution in [2.24, 2.45) is 0 Å². The Labute approximate surface area is 150 Å². The maximum Gasteiger partial charge on any atom is 0.263 e. The maximum atomic E-state index is 12.6. The number of piperazine rings is 1. The number of rotatable bonds is 4. The lowest BCUT2D eigenvalue weighted by Crippen LogP contribution is -2.52. The molecular formula is C21H26N2O2. The zero-order chi connectivity index (χ0) is 17.8. The van der Waals surface area contributed by atoms with Crippen molar-refractivity contribution in [1.82, 2.24) is 4.90 Å². The summed E-state index contributed by atoms with van der Waals surface area (Å²) in [5.41, 5.74) is 3.91. The molecule has 1 atom stereocenters. The fourth-order valence-electron chi connectivity index (χ4n) is 3.26. The van der Waals surface area contributed by atoms with Crippen molar-refractivity contribution >= 4 is 11.6 Å². The normalized spacial score (nSPS) is 15.8. The summed E-state index contributed by atoms with van der Waals surface area (Å²) >= 11 is 0. The van der Waals surface area contributed by atoms with E-state index in [-0.39, 0.29) is 5.91 Å². The highest BCUT2D eigenvalue weighted by molar-refractivity contribution is 5.81. The Balaban J connectivity index is 1.58. The van der Waals surface area contributed by atoms with Gasteiger partial charge in [-0.2, -0.15) is 0 Å². The van der Waals surface area contributed by atoms with Crippen LogP contribution < -0.4 is 9.64 Å². The molecule has 0 radical (unpaired) electrons. The predicted molar refractivity (Wildman–Crippen MR) is 101 cm³/mol. The van der Waals surface area contributed by atoms with E-state index in [4.69, 9.17) is 4.74 Å². The van der Waals surface area contributed by atoms with E-state index in [1.54, 1.807) is 0 Å². The van der Waals surface area contributed by atoms with Gasteiger partial charge in [0.05, 0.1) is 0 Å². The number of benzene rings is 2. The van der Waals surface area contributed by atoms with Crippen molar-refractivity contribution in [1.29, 1.82) is 0 Å². The molecule has 25 heavy (non-hydrogen) atoms. The van der Waals surface area contributed by atoms with Crippen molar-refractivity contribution in [2.75, 3.05) is 31.1 Å². The SMILES string of the molecule is Cc1cccc(N2CCN(C(=O)[C@H](C)Oc3ccccc3)CC2)c1C. The summed E-state index contributed by atoms with van der Waals surface area (Å²) in [6.45, 7) is 9.30. The molecule has 0 N–H and O–H groups in total. The van der Waals surface area contributed by atoms with E-state index in [1.807, 2.05) is 42.2 Å². The number of aryl methyl sites for hydroxylation is 1. The molecule has 132 valence electrons. The van der Waals surface area contributed by atoms with Crippen LogP contribution in [0, 0.1) is 13.8 Å². The first-order chi connectivity index (χ1) is 12.1. The van der Waals surface area contributed by atoms with E-state index in [0.29, 0.717) is 0 Å². The zero-order valence-corrected chi connectivity index (χ0v) is 15.2. The van der Waals surface area contributed by atoms with Crippen LogP contribution in [0.1, 0.15) is 18.1 Å². The number of para-hydroxylation sites is 1. The lowest BCUT2D eigenvalue weighted by atomic mass is 10.1. The summed E-state index contributed by atoms with van der Waals surface area (Å²) in [6, 6.07) is 15.9. The van der Waals surface area contributed by atoms with Crippen molar-refractivity contribution in [3.8, 4) is 5.75 Å². The third-order valence-corrected chi connectivity index (χ3v) is 4.91. The summed E-state index contributed by atoms with van der Waals surface area (Å²) in [6.07, 6.45) is -0.463. The monoisotopic (exact) mass is 338 g/mol. The van der Waals surface area contributed by atoms with Gasteiger partial charge in [0.25, 0.3) is 5.91 Å². The van der Waals surface area contributed by atoms with Crippen LogP contribution in [0.25, 0.3) is 0 Å². The molecule has 4 nitrogen and oxygen atoms in total. The molecule has 3 rings (SSSR count). The molecule has 0 unspecified atom stereocenters. The van der Waals surface area contributed by atoms with E-state index >= 15 is 0 Å². The van der Waals surface area contributed by atoms with E-state index in [0.717, 1.165) is 31.9 Å². The molecular weight excluding hydrogens is 312 g/mol. The summed E-state index contributed by atoms with van der Waals surface area (Å²) in [4.78, 5) is 16.9. The van der Waals surface area contributed by atoms with Gasteiger partial charge in [-0.05, 0) is 50.1 Å². The van der Waals surface area contributed by atoms with Crippen LogP contribution >= 0.6 is 0 Å². The van der Waals surface area contributed by atoms with Gasteiger partial charge >= 0.3 is 0 Å². The summed E-state index contributed by atoms with van der Waals surface area (Å²) in [5, 5.41) is 0. The van der Waals surface area contributed by atoms with E-state index in [2.05, 4.69) is 36.9 Å². The Morgan fingerprint density at radius 3 is 2.32 bits per heavy atom. The number of hydrogen-bond acceptors (Lipinski definition) is 3. The third-order valence-electron chi connectivity index (χ3n) is 4.91. The lowest BCUT2D eigenvalue weighted by molar-refractivity contribution is -0.138. The number of amides is 1. The molecule has 0 saturated carbocycles. The number of nitrogens with zero attached hydrogens (tertiary/aromatic N) is 2. The Morgan fingerprint density at radius 2 is 1.64 bits per heavy atom. The predicted octanol–water partition coefficient (Wildman–Crippen LogP) is 3.42. The Bertz CT molecular complexity index is 722.